The van der Waals surface area contributed by atoms with Crippen LogP contribution in [0.1, 0.15) is 73.0 Å². The first-order valence-corrected chi connectivity index (χ1v) is 11.6. The fourth-order valence-electron chi connectivity index (χ4n) is 4.92. The standard InChI is InChI=1S/C25H29ClN4O3/c1-14-12-16(15(2)27-18-8-9-19(26)28-21(18)23(32)33-5)20-17(13-14)22(31)30(4)24(29-20)25(3)10-6-7-11-25/h8-9,12-13,15,27H,6-7,10-11H2,1-5H3/t15-/m1/s1. The first-order valence-electron chi connectivity index (χ1n) is 11.2. The van der Waals surface area contributed by atoms with Gasteiger partial charge in [-0.1, -0.05) is 37.4 Å². The molecule has 1 aliphatic carbocycles. The minimum absolute atomic E-state index is 0.0383. The quantitative estimate of drug-likeness (QED) is 0.415. The summed E-state index contributed by atoms with van der Waals surface area (Å²) >= 11 is 6.00. The molecule has 7 nitrogen and oxygen atoms in total. The Labute approximate surface area is 198 Å². The van der Waals surface area contributed by atoms with Crippen LogP contribution in [0.3, 0.4) is 0 Å². The van der Waals surface area contributed by atoms with E-state index in [4.69, 9.17) is 21.3 Å². The highest BCUT2D eigenvalue weighted by molar-refractivity contribution is 6.29. The molecule has 1 saturated carbocycles. The van der Waals surface area contributed by atoms with Crippen LogP contribution in [0.5, 0.6) is 0 Å². The number of esters is 1. The molecular formula is C25H29ClN4O3. The lowest BCUT2D eigenvalue weighted by Crippen LogP contribution is -2.32. The van der Waals surface area contributed by atoms with Gasteiger partial charge in [0.05, 0.1) is 29.7 Å². The van der Waals surface area contributed by atoms with E-state index in [-0.39, 0.29) is 27.9 Å². The van der Waals surface area contributed by atoms with Crippen LogP contribution >= 0.6 is 11.6 Å². The molecule has 0 bridgehead atoms. The second kappa shape index (κ2) is 8.78. The summed E-state index contributed by atoms with van der Waals surface area (Å²) in [7, 11) is 3.12. The summed E-state index contributed by atoms with van der Waals surface area (Å²) in [6.07, 6.45) is 4.32. The summed E-state index contributed by atoms with van der Waals surface area (Å²) < 4.78 is 6.58. The molecule has 0 saturated heterocycles. The Kier molecular flexibility index (Phi) is 6.18. The van der Waals surface area contributed by atoms with Gasteiger partial charge in [0, 0.05) is 18.0 Å². The number of hydrogen-bond acceptors (Lipinski definition) is 6. The number of hydrogen-bond donors (Lipinski definition) is 1. The van der Waals surface area contributed by atoms with E-state index < -0.39 is 5.97 Å². The maximum absolute atomic E-state index is 13.4. The number of rotatable bonds is 5. The van der Waals surface area contributed by atoms with Gasteiger partial charge < -0.3 is 10.1 Å². The smallest absolute Gasteiger partial charge is 0.358 e. The number of anilines is 1. The summed E-state index contributed by atoms with van der Waals surface area (Å²) in [5.41, 5.74) is 3.00. The molecule has 174 valence electrons. The van der Waals surface area contributed by atoms with Crippen molar-refractivity contribution in [2.24, 2.45) is 7.05 Å². The van der Waals surface area contributed by atoms with E-state index >= 15 is 0 Å². The molecule has 1 atom stereocenters. The third-order valence-electron chi connectivity index (χ3n) is 6.68. The highest BCUT2D eigenvalue weighted by Gasteiger charge is 2.35. The molecule has 1 aromatic carbocycles. The van der Waals surface area contributed by atoms with Crippen molar-refractivity contribution in [3.8, 4) is 0 Å². The second-order valence-corrected chi connectivity index (χ2v) is 9.59. The number of aromatic nitrogens is 3. The van der Waals surface area contributed by atoms with Gasteiger partial charge in [-0.05, 0) is 50.5 Å². The Hall–Kier alpha value is -2.93. The van der Waals surface area contributed by atoms with Crippen LogP contribution in [0.25, 0.3) is 10.9 Å². The lowest BCUT2D eigenvalue weighted by atomic mass is 9.87. The van der Waals surface area contributed by atoms with E-state index in [9.17, 15) is 9.59 Å². The average Bonchev–Trinajstić information content (AvgIpc) is 3.23. The average molecular weight is 469 g/mol. The van der Waals surface area contributed by atoms with Crippen LogP contribution < -0.4 is 10.9 Å². The predicted molar refractivity (Wildman–Crippen MR) is 130 cm³/mol. The number of carbonyl (C=O) groups is 1. The minimum atomic E-state index is -0.579. The molecule has 1 aliphatic rings. The Balaban J connectivity index is 1.85. The topological polar surface area (TPSA) is 86.1 Å². The summed E-state index contributed by atoms with van der Waals surface area (Å²) in [6, 6.07) is 6.99. The van der Waals surface area contributed by atoms with Crippen molar-refractivity contribution in [1.82, 2.24) is 14.5 Å². The van der Waals surface area contributed by atoms with Crippen molar-refractivity contribution >= 4 is 34.2 Å². The molecule has 0 spiro atoms. The summed E-state index contributed by atoms with van der Waals surface area (Å²) in [5, 5.41) is 4.14. The Morgan fingerprint density at radius 1 is 1.24 bits per heavy atom. The van der Waals surface area contributed by atoms with Gasteiger partial charge in [-0.25, -0.2) is 14.8 Å². The van der Waals surface area contributed by atoms with Crippen molar-refractivity contribution in [2.45, 2.75) is 57.9 Å². The van der Waals surface area contributed by atoms with Crippen molar-refractivity contribution in [3.63, 3.8) is 0 Å². The number of methoxy groups -OCH3 is 1. The summed E-state index contributed by atoms with van der Waals surface area (Å²) in [4.78, 5) is 34.8. The van der Waals surface area contributed by atoms with E-state index in [2.05, 4.69) is 17.2 Å². The van der Waals surface area contributed by atoms with Gasteiger partial charge >= 0.3 is 5.97 Å². The monoisotopic (exact) mass is 468 g/mol. The van der Waals surface area contributed by atoms with Crippen LogP contribution in [-0.4, -0.2) is 27.6 Å². The fourth-order valence-corrected chi connectivity index (χ4v) is 5.06. The minimum Gasteiger partial charge on any atom is -0.464 e. The Morgan fingerprint density at radius 2 is 1.94 bits per heavy atom. The molecule has 3 aromatic rings. The van der Waals surface area contributed by atoms with Crippen molar-refractivity contribution in [2.75, 3.05) is 12.4 Å². The van der Waals surface area contributed by atoms with E-state index in [1.807, 2.05) is 33.0 Å². The third-order valence-corrected chi connectivity index (χ3v) is 6.89. The van der Waals surface area contributed by atoms with Gasteiger partial charge in [-0.3, -0.25) is 9.36 Å². The van der Waals surface area contributed by atoms with E-state index in [1.54, 1.807) is 16.7 Å². The number of carbonyl (C=O) groups excluding carboxylic acids is 1. The van der Waals surface area contributed by atoms with Gasteiger partial charge in [0.1, 0.15) is 11.0 Å². The zero-order valence-electron chi connectivity index (χ0n) is 19.7. The number of ether oxygens (including phenoxy) is 1. The van der Waals surface area contributed by atoms with Crippen LogP contribution in [0, 0.1) is 6.92 Å². The van der Waals surface area contributed by atoms with E-state index in [1.165, 1.54) is 7.11 Å². The van der Waals surface area contributed by atoms with Crippen LogP contribution in [0.4, 0.5) is 5.69 Å². The molecule has 2 heterocycles. The molecule has 0 amide bonds. The molecule has 4 rings (SSSR count). The molecule has 0 unspecified atom stereocenters. The molecule has 0 radical (unpaired) electrons. The van der Waals surface area contributed by atoms with Crippen molar-refractivity contribution in [1.29, 1.82) is 0 Å². The van der Waals surface area contributed by atoms with Gasteiger partial charge in [0.25, 0.3) is 5.56 Å². The van der Waals surface area contributed by atoms with Crippen LogP contribution in [0.2, 0.25) is 5.15 Å². The number of nitrogens with one attached hydrogen (secondary N) is 1. The van der Waals surface area contributed by atoms with Crippen molar-refractivity contribution < 1.29 is 9.53 Å². The second-order valence-electron chi connectivity index (χ2n) is 9.21. The van der Waals surface area contributed by atoms with Gasteiger partial charge in [-0.15, -0.1) is 0 Å². The molecule has 1 N–H and O–H groups in total. The van der Waals surface area contributed by atoms with Crippen LogP contribution in [-0.2, 0) is 17.2 Å². The number of benzene rings is 1. The summed E-state index contributed by atoms with van der Waals surface area (Å²) in [5.74, 6) is 0.253. The normalized spacial score (nSPS) is 16.1. The lowest BCUT2D eigenvalue weighted by molar-refractivity contribution is 0.0595. The SMILES string of the molecule is COC(=O)c1nc(Cl)ccc1N[C@H](C)c1cc(C)cc2c(=O)n(C)c(C3(C)CCCC3)nc12. The fraction of sp³-hybridized carbons (Fsp3) is 0.440. The number of aryl methyl sites for hydroxylation is 1. The van der Waals surface area contributed by atoms with Gasteiger partial charge in [0.15, 0.2) is 5.69 Å². The maximum atomic E-state index is 13.4. The number of halogens is 1. The highest BCUT2D eigenvalue weighted by atomic mass is 35.5. The van der Waals surface area contributed by atoms with Gasteiger partial charge in [-0.2, -0.15) is 0 Å². The Morgan fingerprint density at radius 3 is 2.61 bits per heavy atom. The zero-order chi connectivity index (χ0) is 23.9. The summed E-state index contributed by atoms with van der Waals surface area (Å²) in [6.45, 7) is 6.14. The third kappa shape index (κ3) is 4.22. The molecule has 2 aromatic heterocycles. The molecule has 1 fully saturated rings. The van der Waals surface area contributed by atoms with Crippen molar-refractivity contribution in [3.05, 3.63) is 62.4 Å². The lowest BCUT2D eigenvalue weighted by Gasteiger charge is -2.26. The van der Waals surface area contributed by atoms with E-state index in [0.717, 1.165) is 42.6 Å². The van der Waals surface area contributed by atoms with Gasteiger partial charge in [0.2, 0.25) is 0 Å². The Bertz CT molecular complexity index is 1300. The van der Waals surface area contributed by atoms with E-state index in [0.29, 0.717) is 16.6 Å². The molecule has 33 heavy (non-hydrogen) atoms. The molecule has 0 aliphatic heterocycles. The van der Waals surface area contributed by atoms with Crippen LogP contribution in [0.15, 0.2) is 29.1 Å². The number of nitrogens with zero attached hydrogens (tertiary/aromatic N) is 3. The highest BCUT2D eigenvalue weighted by Crippen LogP contribution is 2.40. The molecule has 8 heteroatoms. The zero-order valence-corrected chi connectivity index (χ0v) is 20.4. The maximum Gasteiger partial charge on any atom is 0.358 e. The first kappa shape index (κ1) is 23.2. The number of pyridine rings is 1. The first-order chi connectivity index (χ1) is 15.6. The molecular weight excluding hydrogens is 440 g/mol. The largest absolute Gasteiger partial charge is 0.464 e. The number of fused-ring (bicyclic) bond motifs is 1. The predicted octanol–water partition coefficient (Wildman–Crippen LogP) is 5.08.